The number of nitrogens with zero attached hydrogens (tertiary/aromatic N) is 1. The Kier molecular flexibility index (Phi) is 4.49. The zero-order valence-corrected chi connectivity index (χ0v) is 11.4. The van der Waals surface area contributed by atoms with Gasteiger partial charge in [0.25, 0.3) is 10.1 Å². The number of hydrazone groups is 1. The van der Waals surface area contributed by atoms with E-state index in [-0.39, 0.29) is 5.71 Å². The summed E-state index contributed by atoms with van der Waals surface area (Å²) in [5.41, 5.74) is 4.39. The van der Waals surface area contributed by atoms with Crippen LogP contribution < -0.4 is 5.43 Å². The summed E-state index contributed by atoms with van der Waals surface area (Å²) in [5.74, 6) is -0.545. The van der Waals surface area contributed by atoms with Gasteiger partial charge in [-0.2, -0.15) is 13.5 Å². The van der Waals surface area contributed by atoms with Crippen molar-refractivity contribution in [3.8, 4) is 0 Å². The standard InChI is InChI=1S/C14H14N2O3S/c17-20(18,19)11-14(12-7-3-1-4-8-12)16-15-13-9-5-2-6-10-13/h1-10,15H,11H2,(H,17,18,19)/b16-14-. The Bertz CT molecular complexity index is 683. The van der Waals surface area contributed by atoms with Crippen LogP contribution in [0.3, 0.4) is 0 Å². The lowest BCUT2D eigenvalue weighted by Gasteiger charge is -2.06. The third-order valence-corrected chi connectivity index (χ3v) is 3.16. The zero-order chi connectivity index (χ0) is 14.4. The predicted molar refractivity (Wildman–Crippen MR) is 79.5 cm³/mol. The van der Waals surface area contributed by atoms with Gasteiger partial charge in [-0.15, -0.1) is 0 Å². The maximum Gasteiger partial charge on any atom is 0.270 e. The molecule has 0 radical (unpaired) electrons. The van der Waals surface area contributed by atoms with Crippen molar-refractivity contribution in [1.29, 1.82) is 0 Å². The monoisotopic (exact) mass is 290 g/mol. The van der Waals surface area contributed by atoms with Crippen LogP contribution in [-0.2, 0) is 10.1 Å². The highest BCUT2D eigenvalue weighted by atomic mass is 32.2. The van der Waals surface area contributed by atoms with Crippen LogP contribution in [0.4, 0.5) is 5.69 Å². The fraction of sp³-hybridized carbons (Fsp3) is 0.0714. The van der Waals surface area contributed by atoms with Crippen molar-refractivity contribution in [3.63, 3.8) is 0 Å². The molecule has 0 aliphatic carbocycles. The van der Waals surface area contributed by atoms with Crippen LogP contribution in [0, 0.1) is 0 Å². The lowest BCUT2D eigenvalue weighted by molar-refractivity contribution is 0.488. The van der Waals surface area contributed by atoms with E-state index in [0.29, 0.717) is 5.56 Å². The van der Waals surface area contributed by atoms with Crippen molar-refractivity contribution in [1.82, 2.24) is 0 Å². The quantitative estimate of drug-likeness (QED) is 0.503. The first-order chi connectivity index (χ1) is 9.54. The first-order valence-corrected chi connectivity index (χ1v) is 7.54. The molecular weight excluding hydrogens is 276 g/mol. The molecule has 0 heterocycles. The zero-order valence-electron chi connectivity index (χ0n) is 10.6. The summed E-state index contributed by atoms with van der Waals surface area (Å²) in [4.78, 5) is 0. The minimum absolute atomic E-state index is 0.247. The second-order valence-electron chi connectivity index (χ2n) is 4.13. The van der Waals surface area contributed by atoms with Crippen LogP contribution >= 0.6 is 0 Å². The summed E-state index contributed by atoms with van der Waals surface area (Å²) in [7, 11) is -4.15. The molecule has 0 fully saturated rings. The molecular formula is C14H14N2O3S. The van der Waals surface area contributed by atoms with Crippen LogP contribution in [0.5, 0.6) is 0 Å². The summed E-state index contributed by atoms with van der Waals surface area (Å²) in [5, 5.41) is 4.08. The van der Waals surface area contributed by atoms with Gasteiger partial charge in [-0.05, 0) is 17.7 Å². The van der Waals surface area contributed by atoms with Crippen molar-refractivity contribution in [2.45, 2.75) is 0 Å². The van der Waals surface area contributed by atoms with Gasteiger partial charge in [0.15, 0.2) is 0 Å². The van der Waals surface area contributed by atoms with Crippen LogP contribution in [0.15, 0.2) is 65.8 Å². The number of benzene rings is 2. The average Bonchev–Trinajstić information content (AvgIpc) is 2.44. The topological polar surface area (TPSA) is 78.8 Å². The molecule has 0 aliphatic heterocycles. The van der Waals surface area contributed by atoms with Gasteiger partial charge in [-0.3, -0.25) is 9.98 Å². The van der Waals surface area contributed by atoms with E-state index in [1.54, 1.807) is 36.4 Å². The Morgan fingerprint density at radius 1 is 1.00 bits per heavy atom. The molecule has 20 heavy (non-hydrogen) atoms. The van der Waals surface area contributed by atoms with E-state index in [4.69, 9.17) is 4.55 Å². The van der Waals surface area contributed by atoms with Gasteiger partial charge in [0.1, 0.15) is 5.75 Å². The van der Waals surface area contributed by atoms with E-state index in [1.807, 2.05) is 24.3 Å². The molecule has 104 valence electrons. The number of anilines is 1. The van der Waals surface area contributed by atoms with Gasteiger partial charge in [0.2, 0.25) is 0 Å². The number of hydrogen-bond donors (Lipinski definition) is 2. The fourth-order valence-electron chi connectivity index (χ4n) is 1.63. The summed E-state index contributed by atoms with van der Waals surface area (Å²) in [6.45, 7) is 0. The Balaban J connectivity index is 2.27. The molecule has 2 aromatic carbocycles. The molecule has 5 nitrogen and oxygen atoms in total. The van der Waals surface area contributed by atoms with Crippen molar-refractivity contribution >= 4 is 21.5 Å². The Morgan fingerprint density at radius 2 is 1.55 bits per heavy atom. The summed E-state index contributed by atoms with van der Waals surface area (Å²) in [6.07, 6.45) is 0. The van der Waals surface area contributed by atoms with Crippen LogP contribution in [0.25, 0.3) is 0 Å². The molecule has 6 heteroatoms. The molecule has 0 aliphatic rings. The van der Waals surface area contributed by atoms with Gasteiger partial charge in [0, 0.05) is 0 Å². The lowest BCUT2D eigenvalue weighted by Crippen LogP contribution is -2.17. The van der Waals surface area contributed by atoms with Crippen LogP contribution in [0.1, 0.15) is 5.56 Å². The summed E-state index contributed by atoms with van der Waals surface area (Å²) in [6, 6.07) is 18.0. The molecule has 2 N–H and O–H groups in total. The molecule has 0 bridgehead atoms. The van der Waals surface area contributed by atoms with E-state index < -0.39 is 15.9 Å². The van der Waals surface area contributed by atoms with Crippen molar-refractivity contribution < 1.29 is 13.0 Å². The maximum absolute atomic E-state index is 11.1. The number of para-hydroxylation sites is 1. The predicted octanol–water partition coefficient (Wildman–Crippen LogP) is 2.39. The molecule has 2 aromatic rings. The minimum atomic E-state index is -4.15. The van der Waals surface area contributed by atoms with Gasteiger partial charge < -0.3 is 0 Å². The molecule has 0 aromatic heterocycles. The highest BCUT2D eigenvalue weighted by Crippen LogP contribution is 2.08. The normalized spacial score (nSPS) is 12.2. The second kappa shape index (κ2) is 6.31. The lowest BCUT2D eigenvalue weighted by atomic mass is 10.1. The van der Waals surface area contributed by atoms with E-state index in [2.05, 4.69) is 10.5 Å². The number of nitrogens with one attached hydrogen (secondary N) is 1. The average molecular weight is 290 g/mol. The fourth-order valence-corrected chi connectivity index (χ4v) is 2.20. The second-order valence-corrected chi connectivity index (χ2v) is 5.58. The Labute approximate surface area is 117 Å². The third kappa shape index (κ3) is 4.49. The number of rotatable bonds is 5. The Hall–Kier alpha value is -2.18. The molecule has 0 saturated carbocycles. The van der Waals surface area contributed by atoms with E-state index in [1.165, 1.54) is 0 Å². The van der Waals surface area contributed by atoms with E-state index >= 15 is 0 Å². The number of hydrogen-bond acceptors (Lipinski definition) is 4. The van der Waals surface area contributed by atoms with E-state index in [9.17, 15) is 8.42 Å². The largest absolute Gasteiger partial charge is 0.285 e. The van der Waals surface area contributed by atoms with Crippen LogP contribution in [-0.4, -0.2) is 24.4 Å². The Morgan fingerprint density at radius 3 is 2.10 bits per heavy atom. The molecule has 0 atom stereocenters. The summed E-state index contributed by atoms with van der Waals surface area (Å²) >= 11 is 0. The van der Waals surface area contributed by atoms with Gasteiger partial charge in [0.05, 0.1) is 11.4 Å². The first kappa shape index (κ1) is 14.2. The molecule has 0 amide bonds. The molecule has 0 saturated heterocycles. The van der Waals surface area contributed by atoms with Gasteiger partial charge in [-0.1, -0.05) is 48.5 Å². The molecule has 0 unspecified atom stereocenters. The highest BCUT2D eigenvalue weighted by molar-refractivity contribution is 7.86. The first-order valence-electron chi connectivity index (χ1n) is 5.93. The minimum Gasteiger partial charge on any atom is -0.285 e. The SMILES string of the molecule is O=S(=O)(O)C/C(=N/Nc1ccccc1)c1ccccc1. The highest BCUT2D eigenvalue weighted by Gasteiger charge is 2.13. The van der Waals surface area contributed by atoms with E-state index in [0.717, 1.165) is 5.69 Å². The maximum atomic E-state index is 11.1. The third-order valence-electron chi connectivity index (χ3n) is 2.52. The van der Waals surface area contributed by atoms with Crippen LogP contribution in [0.2, 0.25) is 0 Å². The van der Waals surface area contributed by atoms with Gasteiger partial charge in [-0.25, -0.2) is 0 Å². The summed E-state index contributed by atoms with van der Waals surface area (Å²) < 4.78 is 31.2. The smallest absolute Gasteiger partial charge is 0.270 e. The van der Waals surface area contributed by atoms with Crippen molar-refractivity contribution in [3.05, 3.63) is 66.2 Å². The molecule has 2 rings (SSSR count). The van der Waals surface area contributed by atoms with Crippen molar-refractivity contribution in [2.24, 2.45) is 5.10 Å². The van der Waals surface area contributed by atoms with Gasteiger partial charge >= 0.3 is 0 Å². The molecule has 0 spiro atoms. The van der Waals surface area contributed by atoms with Crippen molar-refractivity contribution in [2.75, 3.05) is 11.2 Å².